The third-order valence-electron chi connectivity index (χ3n) is 10.1. The summed E-state index contributed by atoms with van der Waals surface area (Å²) in [7, 11) is 0. The number of benzene rings is 4. The molecule has 0 atom stereocenters. The minimum atomic E-state index is -0.553. The predicted octanol–water partition coefficient (Wildman–Crippen LogP) is 14.2. The maximum absolute atomic E-state index is 5.13. The summed E-state index contributed by atoms with van der Waals surface area (Å²) in [4.78, 5) is 0. The van der Waals surface area contributed by atoms with Gasteiger partial charge in [-0.1, -0.05) is 77.3 Å². The molecule has 0 amide bonds. The van der Waals surface area contributed by atoms with Crippen LogP contribution in [0.1, 0.15) is 156 Å². The number of hydrogen-bond donors (Lipinski definition) is 0. The normalized spacial score (nSPS) is 12.0. The van der Waals surface area contributed by atoms with Crippen molar-refractivity contribution >= 4 is 10.1 Å². The SMILES string of the molecule is CC(C)c1cccc(C(C)C)c1[N]=[Mo+2]=[CH]C(C)(C)c1ccccc1.[CH2-]c1c(C(C)(C)C)cc(C)c(C)c1-c1c([CH2-])c(C(C)(C)C)cc(C)c1C. The fourth-order valence-corrected chi connectivity index (χ4v) is 8.61. The van der Waals surface area contributed by atoms with Gasteiger partial charge in [-0.15, -0.1) is 34.4 Å². The molecule has 4 aromatic carbocycles. The molecule has 0 fully saturated rings. The molecule has 1 nitrogen and oxygen atoms in total. The third kappa shape index (κ3) is 9.44. The van der Waals surface area contributed by atoms with E-state index in [-0.39, 0.29) is 16.2 Å². The van der Waals surface area contributed by atoms with Crippen molar-refractivity contribution in [1.82, 2.24) is 0 Å². The van der Waals surface area contributed by atoms with Gasteiger partial charge >= 0.3 is 156 Å². The third-order valence-corrected chi connectivity index (χ3v) is 12.5. The van der Waals surface area contributed by atoms with Crippen molar-refractivity contribution in [1.29, 1.82) is 0 Å². The largest absolute Gasteiger partial charge is 0.199 e. The Morgan fingerprint density at radius 3 is 1.36 bits per heavy atom. The summed E-state index contributed by atoms with van der Waals surface area (Å²) in [5.74, 6) is 1.02. The number of nitrogens with zero attached hydrogens (tertiary/aromatic N) is 1. The van der Waals surface area contributed by atoms with Crippen molar-refractivity contribution in [2.45, 2.75) is 139 Å². The molecule has 50 heavy (non-hydrogen) atoms. The topological polar surface area (TPSA) is 12.4 Å². The van der Waals surface area contributed by atoms with Gasteiger partial charge in [-0.3, -0.25) is 0 Å². The average Bonchev–Trinajstić information content (AvgIpc) is 3.01. The summed E-state index contributed by atoms with van der Waals surface area (Å²) in [6.45, 7) is 45.2. The Bertz CT molecular complexity index is 1770. The molecule has 0 heterocycles. The predicted molar refractivity (Wildman–Crippen MR) is 219 cm³/mol. The van der Waals surface area contributed by atoms with Gasteiger partial charge in [-0.05, 0) is 13.8 Å². The Labute approximate surface area is 315 Å². The van der Waals surface area contributed by atoms with E-state index in [1.807, 2.05) is 0 Å². The smallest absolute Gasteiger partial charge is 0.0416 e. The fraction of sp³-hybridized carbons (Fsp3) is 0.438. The first-order valence-electron chi connectivity index (χ1n) is 18.3. The first kappa shape index (κ1) is 41.4. The zero-order valence-corrected chi connectivity index (χ0v) is 36.3. The molecule has 0 unspecified atom stereocenters. The van der Waals surface area contributed by atoms with Crippen LogP contribution in [0.25, 0.3) is 11.1 Å². The van der Waals surface area contributed by atoms with Crippen LogP contribution in [0.2, 0.25) is 0 Å². The quantitative estimate of drug-likeness (QED) is 0.137. The van der Waals surface area contributed by atoms with E-state index >= 15 is 0 Å². The second-order valence-corrected chi connectivity index (χ2v) is 19.0. The van der Waals surface area contributed by atoms with Crippen LogP contribution in [0.3, 0.4) is 0 Å². The van der Waals surface area contributed by atoms with Gasteiger partial charge in [0.2, 0.25) is 0 Å². The summed E-state index contributed by atoms with van der Waals surface area (Å²) in [5, 5.41) is 0. The molecule has 0 saturated heterocycles. The number of hydrogen-bond acceptors (Lipinski definition) is 1. The van der Waals surface area contributed by atoms with Crippen molar-refractivity contribution in [2.75, 3.05) is 0 Å². The van der Waals surface area contributed by atoms with Gasteiger partial charge in [0.1, 0.15) is 0 Å². The Balaban J connectivity index is 0.000000271. The van der Waals surface area contributed by atoms with Crippen LogP contribution >= 0.6 is 0 Å². The molecule has 0 spiro atoms. The molecule has 0 aliphatic carbocycles. The summed E-state index contributed by atoms with van der Waals surface area (Å²) < 4.78 is 7.59. The van der Waals surface area contributed by atoms with Crippen LogP contribution in [-0.4, -0.2) is 4.40 Å². The van der Waals surface area contributed by atoms with E-state index in [0.717, 1.165) is 11.1 Å². The van der Waals surface area contributed by atoms with Gasteiger partial charge < -0.3 is 0 Å². The average molecular weight is 752 g/mol. The fourth-order valence-electron chi connectivity index (χ4n) is 6.72. The van der Waals surface area contributed by atoms with Crippen molar-refractivity contribution in [2.24, 2.45) is 3.50 Å². The van der Waals surface area contributed by atoms with E-state index in [4.69, 9.17) is 3.50 Å². The van der Waals surface area contributed by atoms with Crippen molar-refractivity contribution in [3.05, 3.63) is 136 Å². The van der Waals surface area contributed by atoms with E-state index < -0.39 is 17.9 Å². The van der Waals surface area contributed by atoms with Crippen LogP contribution in [0.15, 0.2) is 64.2 Å². The Kier molecular flexibility index (Phi) is 13.3. The van der Waals surface area contributed by atoms with Crippen molar-refractivity contribution in [3.8, 4) is 11.1 Å². The maximum Gasteiger partial charge on any atom is -0.0416 e. The Morgan fingerprint density at radius 2 is 1.00 bits per heavy atom. The Morgan fingerprint density at radius 1 is 0.600 bits per heavy atom. The van der Waals surface area contributed by atoms with Gasteiger partial charge in [-0.25, -0.2) is 0 Å². The summed E-state index contributed by atoms with van der Waals surface area (Å²) >= 11 is -0.553. The van der Waals surface area contributed by atoms with Crippen molar-refractivity contribution < 1.29 is 17.9 Å². The first-order chi connectivity index (χ1) is 23.0. The molecule has 0 aromatic heterocycles. The summed E-state index contributed by atoms with van der Waals surface area (Å²) in [5.41, 5.74) is 18.4. The van der Waals surface area contributed by atoms with Crippen molar-refractivity contribution in [3.63, 3.8) is 0 Å². The molecule has 2 heteroatoms. The first-order valence-corrected chi connectivity index (χ1v) is 20.4. The molecule has 0 aliphatic rings. The van der Waals surface area contributed by atoms with Crippen LogP contribution < -0.4 is 0 Å². The molecule has 0 bridgehead atoms. The zero-order valence-electron chi connectivity index (χ0n) is 34.3. The molecule has 0 aliphatic heterocycles. The van der Waals surface area contributed by atoms with Crippen LogP contribution in [0, 0.1) is 41.5 Å². The second-order valence-electron chi connectivity index (χ2n) is 17.4. The second kappa shape index (κ2) is 16.1. The molecular weight excluding hydrogens is 686 g/mol. The van der Waals surface area contributed by atoms with Crippen LogP contribution in [-0.2, 0) is 34.2 Å². The van der Waals surface area contributed by atoms with E-state index in [1.54, 1.807) is 0 Å². The van der Waals surface area contributed by atoms with E-state index in [0.29, 0.717) is 11.8 Å². The molecule has 268 valence electrons. The molecule has 4 aromatic rings. The number of aryl methyl sites for hydroxylation is 2. The monoisotopic (exact) mass is 753 g/mol. The minimum Gasteiger partial charge on any atom is -0.199 e. The number of rotatable bonds is 6. The minimum absolute atomic E-state index is 0.0657. The van der Waals surface area contributed by atoms with E-state index in [9.17, 15) is 0 Å². The molecule has 0 radical (unpaired) electrons. The van der Waals surface area contributed by atoms with Gasteiger partial charge in [0.25, 0.3) is 0 Å². The summed E-state index contributed by atoms with van der Waals surface area (Å²) in [6, 6.07) is 22.0. The van der Waals surface area contributed by atoms with Gasteiger partial charge in [0.15, 0.2) is 0 Å². The zero-order chi connectivity index (χ0) is 37.9. The van der Waals surface area contributed by atoms with Crippen LogP contribution in [0.4, 0.5) is 5.69 Å². The molecule has 0 N–H and O–H groups in total. The molecular formula is C48H65MoN. The van der Waals surface area contributed by atoms with E-state index in [2.05, 4.69) is 190 Å². The van der Waals surface area contributed by atoms with Gasteiger partial charge in [-0.2, -0.15) is 36.1 Å². The van der Waals surface area contributed by atoms with Crippen LogP contribution in [0.5, 0.6) is 0 Å². The molecule has 0 saturated carbocycles. The van der Waals surface area contributed by atoms with Gasteiger partial charge in [0.05, 0.1) is 0 Å². The standard InChI is InChI=1S/C26H36.C12H17N.C10H12.Mo/c1-15-13-21(25(7,8)9)19(5)23(17(15)3)24-18(4)16(2)14-22(20(24)6)26(10,11)12;1-8(2)10-6-5-7-11(9(3)4)12(10)13;1-10(2,3)9-7-5-4-6-8-9;/h13-14H,5-6H2,1-4,7-12H3;5-9H,1-4H3;1,4-8H,2-3H3;/q-2;;;+2. The Hall–Kier alpha value is -3.02. The maximum atomic E-state index is 5.13. The molecule has 4 rings (SSSR count). The van der Waals surface area contributed by atoms with Gasteiger partial charge in [0, 0.05) is 0 Å². The summed E-state index contributed by atoms with van der Waals surface area (Å²) in [6.07, 6.45) is 0. The van der Waals surface area contributed by atoms with E-state index in [1.165, 1.54) is 66.9 Å².